The average molecular weight is 891 g/mol. The van der Waals surface area contributed by atoms with Crippen molar-refractivity contribution < 1.29 is 15.0 Å². The van der Waals surface area contributed by atoms with Gasteiger partial charge < -0.3 is 15.5 Å². The van der Waals surface area contributed by atoms with Gasteiger partial charge in [0.25, 0.3) is 0 Å². The van der Waals surface area contributed by atoms with Gasteiger partial charge in [-0.1, -0.05) is 279 Å². The Morgan fingerprint density at radius 3 is 1.03 bits per heavy atom. The van der Waals surface area contributed by atoms with Crippen molar-refractivity contribution in [2.24, 2.45) is 0 Å². The zero-order valence-corrected chi connectivity index (χ0v) is 42.5. The van der Waals surface area contributed by atoms with Crippen molar-refractivity contribution in [3.8, 4) is 0 Å². The second-order valence-electron chi connectivity index (χ2n) is 18.6. The highest BCUT2D eigenvalue weighted by molar-refractivity contribution is 5.76. The number of allylic oxidation sites excluding steroid dienone is 14. The number of aliphatic hydroxyl groups is 2. The number of nitrogens with one attached hydrogen (secondary N) is 1. The number of hydrogen-bond acceptors (Lipinski definition) is 3. The highest BCUT2D eigenvalue weighted by atomic mass is 16.3. The molecule has 0 bridgehead atoms. The number of amides is 1. The molecule has 4 nitrogen and oxygen atoms in total. The Bertz CT molecular complexity index is 1150. The SMILES string of the molecule is CC/C=C\C/C=C\C/C=C\C/C=C\C/C=C\C/C=C\C/C=C\CCCCCCCCCCCCCC(=O)NC(CO)C(O)CCCCCCCCCCCCCCCCCCCCC. The molecule has 370 valence electrons. The second kappa shape index (κ2) is 54.9. The largest absolute Gasteiger partial charge is 0.394 e. The number of rotatable bonds is 50. The molecule has 2 atom stereocenters. The van der Waals surface area contributed by atoms with E-state index in [1.54, 1.807) is 0 Å². The van der Waals surface area contributed by atoms with E-state index in [-0.39, 0.29) is 12.5 Å². The first-order valence-electron chi connectivity index (χ1n) is 27.8. The highest BCUT2D eigenvalue weighted by Crippen LogP contribution is 2.17. The van der Waals surface area contributed by atoms with Gasteiger partial charge in [0.1, 0.15) is 0 Å². The van der Waals surface area contributed by atoms with E-state index in [0.29, 0.717) is 12.8 Å². The van der Waals surface area contributed by atoms with E-state index in [9.17, 15) is 15.0 Å². The van der Waals surface area contributed by atoms with Crippen LogP contribution in [0.2, 0.25) is 0 Å². The summed E-state index contributed by atoms with van der Waals surface area (Å²) in [4.78, 5) is 12.5. The fourth-order valence-electron chi connectivity index (χ4n) is 8.22. The van der Waals surface area contributed by atoms with Gasteiger partial charge in [-0.05, 0) is 70.6 Å². The van der Waals surface area contributed by atoms with Crippen LogP contribution in [0.3, 0.4) is 0 Å². The highest BCUT2D eigenvalue weighted by Gasteiger charge is 2.20. The third kappa shape index (κ3) is 50.6. The van der Waals surface area contributed by atoms with Gasteiger partial charge >= 0.3 is 0 Å². The van der Waals surface area contributed by atoms with Crippen molar-refractivity contribution in [2.75, 3.05) is 6.61 Å². The lowest BCUT2D eigenvalue weighted by Crippen LogP contribution is -2.45. The van der Waals surface area contributed by atoms with E-state index in [2.05, 4.69) is 104 Å². The Morgan fingerprint density at radius 1 is 0.391 bits per heavy atom. The van der Waals surface area contributed by atoms with Crippen molar-refractivity contribution in [3.63, 3.8) is 0 Å². The zero-order chi connectivity index (χ0) is 46.3. The molecule has 0 fully saturated rings. The summed E-state index contributed by atoms with van der Waals surface area (Å²) in [7, 11) is 0. The maximum atomic E-state index is 12.5. The summed E-state index contributed by atoms with van der Waals surface area (Å²) in [5.41, 5.74) is 0. The molecule has 0 radical (unpaired) electrons. The molecule has 3 N–H and O–H groups in total. The van der Waals surface area contributed by atoms with Crippen LogP contribution in [0, 0.1) is 0 Å². The fraction of sp³-hybridized carbons (Fsp3) is 0.750. The topological polar surface area (TPSA) is 69.6 Å². The molecule has 0 spiro atoms. The summed E-state index contributed by atoms with van der Waals surface area (Å²) in [5.74, 6) is -0.0355. The van der Waals surface area contributed by atoms with Gasteiger partial charge in [0.15, 0.2) is 0 Å². The maximum Gasteiger partial charge on any atom is 0.220 e. The summed E-state index contributed by atoms with van der Waals surface area (Å²) in [5, 5.41) is 23.3. The Morgan fingerprint density at radius 2 is 0.688 bits per heavy atom. The van der Waals surface area contributed by atoms with E-state index in [1.165, 1.54) is 173 Å². The minimum Gasteiger partial charge on any atom is -0.394 e. The van der Waals surface area contributed by atoms with Crippen molar-refractivity contribution in [1.29, 1.82) is 0 Å². The molecule has 0 aliphatic carbocycles. The number of carbonyl (C=O) groups is 1. The van der Waals surface area contributed by atoms with Crippen LogP contribution in [0.4, 0.5) is 0 Å². The molecule has 0 aliphatic heterocycles. The van der Waals surface area contributed by atoms with E-state index in [0.717, 1.165) is 70.6 Å². The molecule has 2 unspecified atom stereocenters. The molecule has 0 aliphatic rings. The lowest BCUT2D eigenvalue weighted by Gasteiger charge is -2.22. The van der Waals surface area contributed by atoms with Crippen LogP contribution >= 0.6 is 0 Å². The monoisotopic (exact) mass is 890 g/mol. The van der Waals surface area contributed by atoms with Gasteiger partial charge in [-0.15, -0.1) is 0 Å². The van der Waals surface area contributed by atoms with Gasteiger partial charge in [0.05, 0.1) is 18.8 Å². The van der Waals surface area contributed by atoms with Crippen LogP contribution in [0.25, 0.3) is 0 Å². The Labute approximate surface area is 399 Å². The first-order valence-corrected chi connectivity index (χ1v) is 27.8. The first kappa shape index (κ1) is 61.6. The molecule has 0 heterocycles. The Balaban J connectivity index is 3.53. The molecule has 0 aromatic heterocycles. The number of carbonyl (C=O) groups excluding carboxylic acids is 1. The van der Waals surface area contributed by atoms with Crippen LogP contribution in [0.5, 0.6) is 0 Å². The molecular formula is C60H107NO3. The zero-order valence-electron chi connectivity index (χ0n) is 42.5. The van der Waals surface area contributed by atoms with E-state index in [1.807, 2.05) is 0 Å². The molecule has 0 aromatic carbocycles. The van der Waals surface area contributed by atoms with Gasteiger partial charge in [-0.2, -0.15) is 0 Å². The molecule has 0 rings (SSSR count). The summed E-state index contributed by atoms with van der Waals surface area (Å²) in [6.45, 7) is 4.26. The predicted molar refractivity (Wildman–Crippen MR) is 285 cm³/mol. The lowest BCUT2D eigenvalue weighted by atomic mass is 10.0. The molecule has 0 aromatic rings. The minimum atomic E-state index is -0.666. The normalized spacial score (nSPS) is 13.5. The molecule has 4 heteroatoms. The van der Waals surface area contributed by atoms with Crippen LogP contribution in [0.15, 0.2) is 85.1 Å². The third-order valence-electron chi connectivity index (χ3n) is 12.4. The van der Waals surface area contributed by atoms with Gasteiger partial charge in [0, 0.05) is 6.42 Å². The van der Waals surface area contributed by atoms with Crippen molar-refractivity contribution in [3.05, 3.63) is 85.1 Å². The average Bonchev–Trinajstić information content (AvgIpc) is 3.30. The van der Waals surface area contributed by atoms with E-state index >= 15 is 0 Å². The number of hydrogen-bond donors (Lipinski definition) is 3. The summed E-state index contributed by atoms with van der Waals surface area (Å²) in [6.07, 6.45) is 79.8. The quantitative estimate of drug-likeness (QED) is 0.0421. The lowest BCUT2D eigenvalue weighted by molar-refractivity contribution is -0.123. The second-order valence-corrected chi connectivity index (χ2v) is 18.6. The van der Waals surface area contributed by atoms with Crippen molar-refractivity contribution >= 4 is 5.91 Å². The van der Waals surface area contributed by atoms with Crippen molar-refractivity contribution in [1.82, 2.24) is 5.32 Å². The molecule has 1 amide bonds. The fourth-order valence-corrected chi connectivity index (χ4v) is 8.22. The molecule has 0 saturated heterocycles. The number of unbranched alkanes of at least 4 members (excludes halogenated alkanes) is 29. The van der Waals surface area contributed by atoms with Gasteiger partial charge in [-0.3, -0.25) is 4.79 Å². The maximum absolute atomic E-state index is 12.5. The van der Waals surface area contributed by atoms with Gasteiger partial charge in [-0.25, -0.2) is 0 Å². The minimum absolute atomic E-state index is 0.0355. The van der Waals surface area contributed by atoms with Crippen LogP contribution in [-0.4, -0.2) is 34.9 Å². The van der Waals surface area contributed by atoms with E-state index in [4.69, 9.17) is 0 Å². The van der Waals surface area contributed by atoms with Crippen LogP contribution in [-0.2, 0) is 4.79 Å². The van der Waals surface area contributed by atoms with Gasteiger partial charge in [0.2, 0.25) is 5.91 Å². The summed E-state index contributed by atoms with van der Waals surface area (Å²) in [6, 6.07) is -0.543. The van der Waals surface area contributed by atoms with Crippen molar-refractivity contribution in [2.45, 2.75) is 283 Å². The van der Waals surface area contributed by atoms with Crippen LogP contribution < -0.4 is 5.32 Å². The Hall–Kier alpha value is -2.43. The summed E-state index contributed by atoms with van der Waals surface area (Å²) < 4.78 is 0. The number of aliphatic hydroxyl groups excluding tert-OH is 2. The first-order chi connectivity index (χ1) is 31.7. The summed E-state index contributed by atoms with van der Waals surface area (Å²) >= 11 is 0. The molecule has 0 saturated carbocycles. The standard InChI is InChI=1S/C60H107NO3/c1-3-5-7-9-11-13-15-17-19-21-23-24-25-26-27-28-29-30-31-32-33-34-35-36-38-40-42-44-46-48-50-52-54-56-60(64)61-58(57-62)59(63)55-53-51-49-47-45-43-41-39-37-22-20-18-16-14-12-10-8-6-4-2/h5,7,11,13,17,19,23-24,26-27,29-30,32-33,58-59,62-63H,3-4,6,8-10,12,14-16,18,20-22,25,28,31,34-57H2,1-2H3,(H,61,64)/b7-5-,13-11-,19-17-,24-23-,27-26-,30-29-,33-32-. The molecular weight excluding hydrogens is 783 g/mol. The van der Waals surface area contributed by atoms with E-state index < -0.39 is 12.1 Å². The Kier molecular flexibility index (Phi) is 52.8. The smallest absolute Gasteiger partial charge is 0.220 e. The molecule has 64 heavy (non-hydrogen) atoms. The third-order valence-corrected chi connectivity index (χ3v) is 12.4. The predicted octanol–water partition coefficient (Wildman–Crippen LogP) is 18.4. The van der Waals surface area contributed by atoms with Crippen LogP contribution in [0.1, 0.15) is 271 Å².